The zero-order chi connectivity index (χ0) is 12.3. The zero-order valence-corrected chi connectivity index (χ0v) is 9.01. The molecule has 0 bridgehead atoms. The van der Waals surface area contributed by atoms with E-state index in [0.29, 0.717) is 24.4 Å². The van der Waals surface area contributed by atoms with Crippen LogP contribution in [0.3, 0.4) is 0 Å². The first-order chi connectivity index (χ1) is 8.16. The minimum Gasteiger partial charge on any atom is -0.479 e. The maximum absolute atomic E-state index is 11.2. The molecule has 1 atom stereocenters. The van der Waals surface area contributed by atoms with Crippen molar-refractivity contribution in [2.24, 2.45) is 0 Å². The summed E-state index contributed by atoms with van der Waals surface area (Å²) in [6.45, 7) is 0.498. The lowest BCUT2D eigenvalue weighted by atomic mass is 9.99. The highest BCUT2D eigenvalue weighted by atomic mass is 16.5. The van der Waals surface area contributed by atoms with E-state index in [9.17, 15) is 9.90 Å². The molecule has 0 amide bonds. The Morgan fingerprint density at radius 2 is 2.53 bits per heavy atom. The number of carboxylic acids is 1. The molecule has 0 aliphatic carbocycles. The van der Waals surface area contributed by atoms with Crippen molar-refractivity contribution in [3.05, 3.63) is 23.9 Å². The van der Waals surface area contributed by atoms with Crippen molar-refractivity contribution in [2.75, 3.05) is 18.5 Å². The Balaban J connectivity index is 2.24. The number of nitriles is 1. The van der Waals surface area contributed by atoms with Gasteiger partial charge in [-0.3, -0.25) is 0 Å². The molecular weight excluding hydrogens is 222 g/mol. The first kappa shape index (κ1) is 11.4. The van der Waals surface area contributed by atoms with Crippen molar-refractivity contribution in [2.45, 2.75) is 12.0 Å². The highest BCUT2D eigenvalue weighted by Gasteiger charge is 2.42. The van der Waals surface area contributed by atoms with E-state index in [4.69, 9.17) is 10.00 Å². The van der Waals surface area contributed by atoms with Gasteiger partial charge in [-0.25, -0.2) is 9.78 Å². The molecular formula is C11H11N3O3. The number of aliphatic carboxylic acids is 1. The number of hydrogen-bond donors (Lipinski definition) is 2. The maximum Gasteiger partial charge on any atom is 0.331 e. The van der Waals surface area contributed by atoms with Crippen LogP contribution in [0.2, 0.25) is 0 Å². The minimum atomic E-state index is -1.14. The van der Waals surface area contributed by atoms with Gasteiger partial charge in [-0.15, -0.1) is 0 Å². The van der Waals surface area contributed by atoms with E-state index in [1.807, 2.05) is 6.07 Å². The quantitative estimate of drug-likeness (QED) is 0.794. The molecule has 0 radical (unpaired) electrons. The van der Waals surface area contributed by atoms with Gasteiger partial charge in [-0.1, -0.05) is 0 Å². The second-order valence-corrected chi connectivity index (χ2v) is 3.86. The number of nitrogens with one attached hydrogen (secondary N) is 1. The van der Waals surface area contributed by atoms with Crippen molar-refractivity contribution < 1.29 is 14.6 Å². The molecule has 1 saturated heterocycles. The molecule has 0 saturated carbocycles. The fourth-order valence-electron chi connectivity index (χ4n) is 1.70. The fourth-order valence-corrected chi connectivity index (χ4v) is 1.70. The second-order valence-electron chi connectivity index (χ2n) is 3.86. The van der Waals surface area contributed by atoms with Crippen LogP contribution >= 0.6 is 0 Å². The maximum atomic E-state index is 11.2. The largest absolute Gasteiger partial charge is 0.479 e. The van der Waals surface area contributed by atoms with Gasteiger partial charge in [-0.2, -0.15) is 5.26 Å². The molecule has 2 heterocycles. The summed E-state index contributed by atoms with van der Waals surface area (Å²) in [6, 6.07) is 5.05. The van der Waals surface area contributed by atoms with Crippen LogP contribution in [0.4, 0.5) is 5.82 Å². The lowest BCUT2D eigenvalue weighted by Crippen LogP contribution is -2.47. The van der Waals surface area contributed by atoms with Crippen LogP contribution in [0, 0.1) is 11.3 Å². The third-order valence-electron chi connectivity index (χ3n) is 2.69. The predicted molar refractivity (Wildman–Crippen MR) is 58.4 cm³/mol. The predicted octanol–water partition coefficient (Wildman–Crippen LogP) is 0.609. The minimum absolute atomic E-state index is 0.0980. The summed E-state index contributed by atoms with van der Waals surface area (Å²) in [5.74, 6) is -0.601. The number of carbonyl (C=O) groups is 1. The third-order valence-corrected chi connectivity index (χ3v) is 2.69. The monoisotopic (exact) mass is 233 g/mol. The van der Waals surface area contributed by atoms with Crippen molar-refractivity contribution in [1.29, 1.82) is 5.26 Å². The van der Waals surface area contributed by atoms with Crippen molar-refractivity contribution >= 4 is 11.8 Å². The lowest BCUT2D eigenvalue weighted by molar-refractivity contribution is -0.142. The van der Waals surface area contributed by atoms with Gasteiger partial charge < -0.3 is 15.2 Å². The van der Waals surface area contributed by atoms with E-state index in [-0.39, 0.29) is 6.61 Å². The van der Waals surface area contributed by atoms with E-state index in [2.05, 4.69) is 10.3 Å². The summed E-state index contributed by atoms with van der Waals surface area (Å²) >= 11 is 0. The molecule has 6 nitrogen and oxygen atoms in total. The van der Waals surface area contributed by atoms with Gasteiger partial charge in [0, 0.05) is 19.2 Å². The number of anilines is 1. The molecule has 1 aliphatic rings. The number of ether oxygens (including phenoxy) is 1. The van der Waals surface area contributed by atoms with Gasteiger partial charge in [0.2, 0.25) is 0 Å². The molecule has 1 aromatic rings. The van der Waals surface area contributed by atoms with Crippen molar-refractivity contribution in [3.8, 4) is 6.07 Å². The van der Waals surface area contributed by atoms with Crippen molar-refractivity contribution in [1.82, 2.24) is 4.98 Å². The summed E-state index contributed by atoms with van der Waals surface area (Å²) in [5.41, 5.74) is -0.705. The highest BCUT2D eigenvalue weighted by Crippen LogP contribution is 2.24. The average molecular weight is 233 g/mol. The summed E-state index contributed by atoms with van der Waals surface area (Å²) in [5, 5.41) is 20.8. The Bertz CT molecular complexity index is 475. The average Bonchev–Trinajstić information content (AvgIpc) is 2.79. The van der Waals surface area contributed by atoms with Crippen LogP contribution < -0.4 is 5.32 Å². The molecule has 2 N–H and O–H groups in total. The van der Waals surface area contributed by atoms with Crippen LogP contribution in [0.5, 0.6) is 0 Å². The molecule has 0 aromatic carbocycles. The van der Waals surface area contributed by atoms with E-state index in [0.717, 1.165) is 0 Å². The number of pyridine rings is 1. The SMILES string of the molecule is N#Cc1ccnc(NC2(C(=O)O)CCOC2)c1. The highest BCUT2D eigenvalue weighted by molar-refractivity contribution is 5.83. The lowest BCUT2D eigenvalue weighted by Gasteiger charge is -2.24. The van der Waals surface area contributed by atoms with Gasteiger partial charge in [0.05, 0.1) is 18.2 Å². The second kappa shape index (κ2) is 4.39. The number of nitrogens with zero attached hydrogens (tertiary/aromatic N) is 2. The van der Waals surface area contributed by atoms with Gasteiger partial charge in [0.1, 0.15) is 5.82 Å². The Kier molecular flexibility index (Phi) is 2.93. The first-order valence-corrected chi connectivity index (χ1v) is 5.12. The van der Waals surface area contributed by atoms with E-state index in [1.54, 1.807) is 6.07 Å². The van der Waals surface area contributed by atoms with E-state index in [1.165, 1.54) is 12.3 Å². The third kappa shape index (κ3) is 2.19. The topological polar surface area (TPSA) is 95.2 Å². The van der Waals surface area contributed by atoms with Crippen molar-refractivity contribution in [3.63, 3.8) is 0 Å². The Morgan fingerprint density at radius 3 is 3.12 bits per heavy atom. The van der Waals surface area contributed by atoms with Crippen LogP contribution in [0.25, 0.3) is 0 Å². The summed E-state index contributed by atoms with van der Waals surface area (Å²) < 4.78 is 5.11. The molecule has 0 spiro atoms. The molecule has 17 heavy (non-hydrogen) atoms. The first-order valence-electron chi connectivity index (χ1n) is 5.12. The molecule has 88 valence electrons. The summed E-state index contributed by atoms with van der Waals surface area (Å²) in [7, 11) is 0. The smallest absolute Gasteiger partial charge is 0.331 e. The van der Waals surface area contributed by atoms with Gasteiger partial charge in [0.25, 0.3) is 0 Å². The number of aromatic nitrogens is 1. The van der Waals surface area contributed by atoms with Crippen LogP contribution in [-0.4, -0.2) is 34.8 Å². The Morgan fingerprint density at radius 1 is 1.71 bits per heavy atom. The normalized spacial score (nSPS) is 23.0. The van der Waals surface area contributed by atoms with E-state index < -0.39 is 11.5 Å². The van der Waals surface area contributed by atoms with Crippen LogP contribution in [0.15, 0.2) is 18.3 Å². The van der Waals surface area contributed by atoms with Gasteiger partial charge >= 0.3 is 5.97 Å². The Labute approximate surface area is 97.8 Å². The number of hydrogen-bond acceptors (Lipinski definition) is 5. The van der Waals surface area contributed by atoms with Gasteiger partial charge in [0.15, 0.2) is 5.54 Å². The molecule has 1 aliphatic heterocycles. The summed E-state index contributed by atoms with van der Waals surface area (Å²) in [6.07, 6.45) is 1.84. The number of rotatable bonds is 3. The fraction of sp³-hybridized carbons (Fsp3) is 0.364. The van der Waals surface area contributed by atoms with Gasteiger partial charge in [-0.05, 0) is 12.1 Å². The molecule has 2 rings (SSSR count). The molecule has 1 unspecified atom stereocenters. The standard InChI is InChI=1S/C11H11N3O3/c12-6-8-1-3-13-9(5-8)14-11(10(15)16)2-4-17-7-11/h1,3,5H,2,4,7H2,(H,13,14)(H,15,16). The zero-order valence-electron chi connectivity index (χ0n) is 9.01. The summed E-state index contributed by atoms with van der Waals surface area (Å²) in [4.78, 5) is 15.2. The number of carboxylic acid groups (broad SMARTS) is 1. The van der Waals surface area contributed by atoms with E-state index >= 15 is 0 Å². The molecule has 6 heteroatoms. The van der Waals surface area contributed by atoms with Crippen LogP contribution in [-0.2, 0) is 9.53 Å². The van der Waals surface area contributed by atoms with Crippen LogP contribution in [0.1, 0.15) is 12.0 Å². The molecule has 1 fully saturated rings. The Hall–Kier alpha value is -2.13. The molecule has 1 aromatic heterocycles.